The first-order valence-electron chi connectivity index (χ1n) is 6.06. The first-order valence-corrected chi connectivity index (χ1v) is 6.06. The van der Waals surface area contributed by atoms with E-state index in [9.17, 15) is 9.18 Å². The van der Waals surface area contributed by atoms with Crippen LogP contribution in [-0.4, -0.2) is 39.6 Å². The summed E-state index contributed by atoms with van der Waals surface area (Å²) in [6, 6.07) is 4.66. The van der Waals surface area contributed by atoms with E-state index in [2.05, 4.69) is 25.9 Å². The van der Waals surface area contributed by atoms with Gasteiger partial charge in [0.2, 0.25) is 0 Å². The number of nitrogens with one attached hydrogen (secondary N) is 2. The Balaban J connectivity index is 2.15. The van der Waals surface area contributed by atoms with Gasteiger partial charge in [-0.3, -0.25) is 4.79 Å². The molecule has 0 fully saturated rings. The average molecular weight is 278 g/mol. The van der Waals surface area contributed by atoms with Gasteiger partial charge in [-0.05, 0) is 37.3 Å². The Morgan fingerprint density at radius 1 is 1.45 bits per heavy atom. The SMILES string of the molecule is CC(C)N(C)c1ccc(NC(=O)c2nn[nH]n2)cc1F. The summed E-state index contributed by atoms with van der Waals surface area (Å²) in [6.45, 7) is 3.93. The molecule has 2 rings (SSSR count). The molecule has 2 N–H and O–H groups in total. The van der Waals surface area contributed by atoms with E-state index in [1.54, 1.807) is 24.1 Å². The Morgan fingerprint density at radius 3 is 2.75 bits per heavy atom. The molecule has 8 heteroatoms. The molecule has 1 aromatic heterocycles. The monoisotopic (exact) mass is 278 g/mol. The van der Waals surface area contributed by atoms with Crippen LogP contribution in [0.15, 0.2) is 18.2 Å². The predicted molar refractivity (Wildman–Crippen MR) is 72.1 cm³/mol. The molecule has 0 atom stereocenters. The van der Waals surface area contributed by atoms with Crippen LogP contribution in [0.3, 0.4) is 0 Å². The van der Waals surface area contributed by atoms with Crippen LogP contribution < -0.4 is 10.2 Å². The number of carbonyl (C=O) groups excluding carboxylic acids is 1. The molecule has 0 aliphatic heterocycles. The smallest absolute Gasteiger partial charge is 0.297 e. The van der Waals surface area contributed by atoms with E-state index in [1.165, 1.54) is 6.07 Å². The Labute approximate surface area is 115 Å². The fourth-order valence-corrected chi connectivity index (χ4v) is 1.59. The van der Waals surface area contributed by atoms with Gasteiger partial charge in [0.05, 0.1) is 5.69 Å². The molecule has 20 heavy (non-hydrogen) atoms. The standard InChI is InChI=1S/C12H15FN6O/c1-7(2)19(3)10-5-4-8(6-9(10)13)14-12(20)11-15-17-18-16-11/h4-7H,1-3H3,(H,14,20)(H,15,16,17,18). The minimum atomic E-state index is -0.553. The zero-order chi connectivity index (χ0) is 14.7. The second-order valence-electron chi connectivity index (χ2n) is 4.56. The van der Waals surface area contributed by atoms with Gasteiger partial charge in [0.1, 0.15) is 5.82 Å². The Hall–Kier alpha value is -2.51. The Morgan fingerprint density at radius 2 is 2.20 bits per heavy atom. The van der Waals surface area contributed by atoms with Gasteiger partial charge in [-0.25, -0.2) is 4.39 Å². The molecule has 0 aliphatic carbocycles. The molecule has 0 saturated carbocycles. The number of aromatic amines is 1. The number of hydrogen-bond acceptors (Lipinski definition) is 5. The number of tetrazole rings is 1. The average Bonchev–Trinajstić information content (AvgIpc) is 2.92. The topological polar surface area (TPSA) is 86.8 Å². The molecule has 2 aromatic rings. The van der Waals surface area contributed by atoms with Crippen LogP contribution in [0.4, 0.5) is 15.8 Å². The van der Waals surface area contributed by atoms with Gasteiger partial charge in [0, 0.05) is 18.8 Å². The van der Waals surface area contributed by atoms with Crippen molar-refractivity contribution in [2.45, 2.75) is 19.9 Å². The Bertz CT molecular complexity index is 598. The number of amides is 1. The van der Waals surface area contributed by atoms with Crippen LogP contribution in [0.2, 0.25) is 0 Å². The Kier molecular flexibility index (Phi) is 3.92. The molecule has 1 amide bonds. The third kappa shape index (κ3) is 2.90. The van der Waals surface area contributed by atoms with Crippen molar-refractivity contribution in [2.75, 3.05) is 17.3 Å². The summed E-state index contributed by atoms with van der Waals surface area (Å²) in [7, 11) is 1.81. The maximum Gasteiger partial charge on any atom is 0.297 e. The first-order chi connectivity index (χ1) is 9.49. The molecule has 0 unspecified atom stereocenters. The van der Waals surface area contributed by atoms with Crippen LogP contribution >= 0.6 is 0 Å². The predicted octanol–water partition coefficient (Wildman–Crippen LogP) is 1.44. The third-order valence-corrected chi connectivity index (χ3v) is 2.91. The summed E-state index contributed by atoms with van der Waals surface area (Å²) >= 11 is 0. The van der Waals surface area contributed by atoms with Gasteiger partial charge in [-0.15, -0.1) is 10.2 Å². The second kappa shape index (κ2) is 5.64. The number of halogens is 1. The fourth-order valence-electron chi connectivity index (χ4n) is 1.59. The zero-order valence-corrected chi connectivity index (χ0v) is 11.4. The molecule has 106 valence electrons. The lowest BCUT2D eigenvalue weighted by Gasteiger charge is -2.24. The number of anilines is 2. The number of carbonyl (C=O) groups is 1. The highest BCUT2D eigenvalue weighted by Crippen LogP contribution is 2.23. The molecular weight excluding hydrogens is 263 g/mol. The number of aromatic nitrogens is 4. The zero-order valence-electron chi connectivity index (χ0n) is 11.4. The van der Waals surface area contributed by atoms with Gasteiger partial charge < -0.3 is 10.2 Å². The van der Waals surface area contributed by atoms with Crippen molar-refractivity contribution in [3.05, 3.63) is 29.8 Å². The largest absolute Gasteiger partial charge is 0.370 e. The van der Waals surface area contributed by atoms with Crippen molar-refractivity contribution in [2.24, 2.45) is 0 Å². The van der Waals surface area contributed by atoms with E-state index in [0.717, 1.165) is 0 Å². The first kappa shape index (κ1) is 13.9. The molecule has 0 saturated heterocycles. The molecule has 0 radical (unpaired) electrons. The minimum Gasteiger partial charge on any atom is -0.370 e. The quantitative estimate of drug-likeness (QED) is 0.883. The number of rotatable bonds is 4. The van der Waals surface area contributed by atoms with Gasteiger partial charge in [0.15, 0.2) is 0 Å². The van der Waals surface area contributed by atoms with E-state index in [1.807, 2.05) is 13.8 Å². The van der Waals surface area contributed by atoms with Crippen LogP contribution in [0.5, 0.6) is 0 Å². The highest BCUT2D eigenvalue weighted by molar-refractivity contribution is 6.01. The molecular formula is C12H15FN6O. The highest BCUT2D eigenvalue weighted by Gasteiger charge is 2.14. The van der Waals surface area contributed by atoms with E-state index in [0.29, 0.717) is 11.4 Å². The number of H-pyrrole nitrogens is 1. The van der Waals surface area contributed by atoms with E-state index in [4.69, 9.17) is 0 Å². The van der Waals surface area contributed by atoms with Crippen molar-refractivity contribution in [3.63, 3.8) is 0 Å². The molecule has 0 spiro atoms. The lowest BCUT2D eigenvalue weighted by molar-refractivity contribution is 0.101. The maximum atomic E-state index is 14.0. The van der Waals surface area contributed by atoms with Crippen molar-refractivity contribution in [3.8, 4) is 0 Å². The van der Waals surface area contributed by atoms with Gasteiger partial charge >= 0.3 is 0 Å². The summed E-state index contributed by atoms with van der Waals surface area (Å²) < 4.78 is 14.0. The lowest BCUT2D eigenvalue weighted by atomic mass is 10.2. The van der Waals surface area contributed by atoms with E-state index in [-0.39, 0.29) is 11.9 Å². The molecule has 7 nitrogen and oxygen atoms in total. The maximum absolute atomic E-state index is 14.0. The van der Waals surface area contributed by atoms with Crippen LogP contribution in [0, 0.1) is 5.82 Å². The van der Waals surface area contributed by atoms with Gasteiger partial charge in [0.25, 0.3) is 11.7 Å². The van der Waals surface area contributed by atoms with E-state index >= 15 is 0 Å². The number of nitrogens with zero attached hydrogens (tertiary/aromatic N) is 4. The summed E-state index contributed by atoms with van der Waals surface area (Å²) in [4.78, 5) is 13.5. The normalized spacial score (nSPS) is 10.7. The molecule has 1 heterocycles. The van der Waals surface area contributed by atoms with Crippen molar-refractivity contribution in [1.29, 1.82) is 0 Å². The van der Waals surface area contributed by atoms with Gasteiger partial charge in [-0.2, -0.15) is 5.21 Å². The summed E-state index contributed by atoms with van der Waals surface area (Å²) in [6.07, 6.45) is 0. The summed E-state index contributed by atoms with van der Waals surface area (Å²) in [5.74, 6) is -1.07. The van der Waals surface area contributed by atoms with E-state index < -0.39 is 11.7 Å². The van der Waals surface area contributed by atoms with Crippen molar-refractivity contribution < 1.29 is 9.18 Å². The summed E-state index contributed by atoms with van der Waals surface area (Å²) in [5, 5.41) is 15.0. The third-order valence-electron chi connectivity index (χ3n) is 2.91. The minimum absolute atomic E-state index is 0.103. The van der Waals surface area contributed by atoms with Crippen LogP contribution in [0.25, 0.3) is 0 Å². The molecule has 0 aliphatic rings. The molecule has 0 bridgehead atoms. The van der Waals surface area contributed by atoms with Crippen molar-refractivity contribution in [1.82, 2.24) is 20.6 Å². The number of hydrogen-bond donors (Lipinski definition) is 2. The lowest BCUT2D eigenvalue weighted by Crippen LogP contribution is -2.26. The second-order valence-corrected chi connectivity index (χ2v) is 4.56. The van der Waals surface area contributed by atoms with Gasteiger partial charge in [-0.1, -0.05) is 0 Å². The number of benzene rings is 1. The summed E-state index contributed by atoms with van der Waals surface area (Å²) in [5.41, 5.74) is 0.802. The highest BCUT2D eigenvalue weighted by atomic mass is 19.1. The van der Waals surface area contributed by atoms with Crippen LogP contribution in [-0.2, 0) is 0 Å². The molecule has 1 aromatic carbocycles. The van der Waals surface area contributed by atoms with Crippen LogP contribution in [0.1, 0.15) is 24.5 Å². The fraction of sp³-hybridized carbons (Fsp3) is 0.333. The van der Waals surface area contributed by atoms with Crippen molar-refractivity contribution >= 4 is 17.3 Å².